The van der Waals surface area contributed by atoms with Crippen molar-refractivity contribution in [2.45, 2.75) is 38.5 Å². The lowest BCUT2D eigenvalue weighted by Gasteiger charge is -2.11. The molecule has 37 heavy (non-hydrogen) atoms. The highest BCUT2D eigenvalue weighted by atomic mass is 32.2. The Hall–Kier alpha value is -4.18. The number of carbonyl (C=O) groups is 3. The first-order valence-electron chi connectivity index (χ1n) is 11.7. The lowest BCUT2D eigenvalue weighted by Crippen LogP contribution is -2.17. The second-order valence-electron chi connectivity index (χ2n) is 8.91. The molecule has 9 nitrogen and oxygen atoms in total. The van der Waals surface area contributed by atoms with E-state index >= 15 is 0 Å². The number of amides is 1. The molecule has 0 bridgehead atoms. The lowest BCUT2D eigenvalue weighted by molar-refractivity contribution is -0.141. The van der Waals surface area contributed by atoms with Gasteiger partial charge in [-0.15, -0.1) is 0 Å². The molecule has 1 aliphatic rings. The zero-order valence-electron chi connectivity index (χ0n) is 20.6. The summed E-state index contributed by atoms with van der Waals surface area (Å²) >= 11 is 0. The van der Waals surface area contributed by atoms with Crippen LogP contribution in [0.3, 0.4) is 0 Å². The van der Waals surface area contributed by atoms with Gasteiger partial charge < -0.3 is 15.4 Å². The number of sulfonamides is 1. The van der Waals surface area contributed by atoms with Crippen molar-refractivity contribution in [1.82, 2.24) is 4.98 Å². The topological polar surface area (TPSA) is 145 Å². The van der Waals surface area contributed by atoms with E-state index in [0.29, 0.717) is 40.2 Å². The molecule has 0 aliphatic carbocycles. The van der Waals surface area contributed by atoms with E-state index in [1.54, 1.807) is 56.3 Å². The predicted molar refractivity (Wildman–Crippen MR) is 141 cm³/mol. The number of anilines is 2. The van der Waals surface area contributed by atoms with Crippen molar-refractivity contribution in [2.75, 3.05) is 10.0 Å². The van der Waals surface area contributed by atoms with Crippen LogP contribution in [-0.4, -0.2) is 36.2 Å². The molecule has 0 saturated carbocycles. The second-order valence-corrected chi connectivity index (χ2v) is 10.6. The van der Waals surface area contributed by atoms with Gasteiger partial charge in [-0.2, -0.15) is 0 Å². The number of aromatic amines is 1. The van der Waals surface area contributed by atoms with Crippen molar-refractivity contribution in [3.05, 3.63) is 76.6 Å². The summed E-state index contributed by atoms with van der Waals surface area (Å²) in [6, 6.07) is 12.7. The molecule has 1 unspecified atom stereocenters. The first kappa shape index (κ1) is 25.9. The van der Waals surface area contributed by atoms with Crippen molar-refractivity contribution in [3.63, 3.8) is 0 Å². The van der Waals surface area contributed by atoms with E-state index in [0.717, 1.165) is 0 Å². The molecule has 1 aromatic heterocycles. The molecule has 0 fully saturated rings. The predicted octanol–water partition coefficient (Wildman–Crippen LogP) is 4.47. The number of aliphatic carboxylic acids is 1. The molecule has 0 radical (unpaired) electrons. The largest absolute Gasteiger partial charge is 0.481 e. The number of ketones is 1. The van der Waals surface area contributed by atoms with Crippen molar-refractivity contribution < 1.29 is 27.9 Å². The number of rotatable bonds is 9. The van der Waals surface area contributed by atoms with Gasteiger partial charge in [0.05, 0.1) is 16.4 Å². The molecular formula is C27H27N3O6S. The quantitative estimate of drug-likeness (QED) is 0.241. The third-order valence-corrected chi connectivity index (χ3v) is 7.76. The molecule has 3 aromatic rings. The van der Waals surface area contributed by atoms with Gasteiger partial charge in [-0.1, -0.05) is 25.1 Å². The average molecular weight is 522 g/mol. The van der Waals surface area contributed by atoms with E-state index in [4.69, 9.17) is 0 Å². The monoisotopic (exact) mass is 521 g/mol. The first-order valence-corrected chi connectivity index (χ1v) is 13.2. The Morgan fingerprint density at radius 1 is 1.14 bits per heavy atom. The number of benzene rings is 2. The fourth-order valence-corrected chi connectivity index (χ4v) is 5.59. The third-order valence-electron chi connectivity index (χ3n) is 6.37. The van der Waals surface area contributed by atoms with Crippen LogP contribution in [0.4, 0.5) is 11.4 Å². The molecule has 4 rings (SSSR count). The van der Waals surface area contributed by atoms with Crippen molar-refractivity contribution in [2.24, 2.45) is 5.92 Å². The van der Waals surface area contributed by atoms with Crippen LogP contribution in [0.2, 0.25) is 0 Å². The van der Waals surface area contributed by atoms with Gasteiger partial charge in [0, 0.05) is 33.9 Å². The minimum Gasteiger partial charge on any atom is -0.481 e. The summed E-state index contributed by atoms with van der Waals surface area (Å²) in [6.45, 7) is 4.91. The van der Waals surface area contributed by atoms with Crippen LogP contribution in [0, 0.1) is 12.8 Å². The van der Waals surface area contributed by atoms with Crippen molar-refractivity contribution in [1.29, 1.82) is 0 Å². The number of H-pyrrole nitrogens is 1. The molecule has 2 aromatic carbocycles. The highest BCUT2D eigenvalue weighted by molar-refractivity contribution is 7.92. The van der Waals surface area contributed by atoms with Crippen LogP contribution < -0.4 is 10.0 Å². The number of carbonyl (C=O) groups excluding carboxylic acids is 2. The molecule has 192 valence electrons. The van der Waals surface area contributed by atoms with Gasteiger partial charge in [-0.05, 0) is 68.7 Å². The molecular weight excluding hydrogens is 494 g/mol. The Balaban J connectivity index is 1.77. The van der Waals surface area contributed by atoms with Crippen LogP contribution in [0.25, 0.3) is 11.6 Å². The molecule has 1 atom stereocenters. The normalized spacial score (nSPS) is 14.8. The van der Waals surface area contributed by atoms with Crippen molar-refractivity contribution in [3.8, 4) is 0 Å². The molecule has 2 heterocycles. The van der Waals surface area contributed by atoms with Gasteiger partial charge in [0.25, 0.3) is 15.9 Å². The number of carboxylic acids is 1. The third kappa shape index (κ3) is 5.19. The Kier molecular flexibility index (Phi) is 7.04. The van der Waals surface area contributed by atoms with E-state index in [1.165, 1.54) is 19.1 Å². The number of hydrogen-bond acceptors (Lipinski definition) is 5. The maximum Gasteiger partial charge on any atom is 0.306 e. The zero-order chi connectivity index (χ0) is 26.9. The van der Waals surface area contributed by atoms with Crippen molar-refractivity contribution >= 4 is 50.7 Å². The maximum atomic E-state index is 12.9. The van der Waals surface area contributed by atoms with Crippen LogP contribution in [0.1, 0.15) is 53.1 Å². The summed E-state index contributed by atoms with van der Waals surface area (Å²) in [6.07, 6.45) is 2.08. The summed E-state index contributed by atoms with van der Waals surface area (Å²) in [5.74, 6) is -2.27. The smallest absolute Gasteiger partial charge is 0.306 e. The molecule has 0 saturated heterocycles. The number of carboxylic acid groups (broad SMARTS) is 1. The zero-order valence-corrected chi connectivity index (χ0v) is 21.4. The van der Waals surface area contributed by atoms with Crippen LogP contribution in [0.15, 0.2) is 53.4 Å². The van der Waals surface area contributed by atoms with E-state index < -0.39 is 27.8 Å². The minimum atomic E-state index is -3.84. The van der Waals surface area contributed by atoms with Crippen LogP contribution in [0.5, 0.6) is 0 Å². The summed E-state index contributed by atoms with van der Waals surface area (Å²) in [5.41, 5.74) is 3.52. The van der Waals surface area contributed by atoms with Gasteiger partial charge in [-0.25, -0.2) is 8.42 Å². The number of Topliss-reactive ketones (excluding diaryl/α,β-unsaturated/α-hetero) is 1. The number of hydrogen-bond donors (Lipinski definition) is 4. The number of fused-ring (bicyclic) bond motifs is 1. The standard InChI is InChI=1S/C27H27N3O6S/c1-4-17(27(33)34)12-22-24(28-15(2)25(22)16(3)31)14-21-20-13-18(10-11-23(20)29-26(21)32)30-37(35,36)19-8-6-5-7-9-19/h5-11,13-14,17,28,30H,4,12H2,1-3H3,(H,29,32)(H,33,34)/b21-14-. The second kappa shape index (κ2) is 10.1. The fraction of sp³-hybridized carbons (Fsp3) is 0.222. The molecule has 4 N–H and O–H groups in total. The SMILES string of the molecule is CCC(Cc1c(/C=C2\C(=O)Nc3ccc(NS(=O)(=O)c4ccccc4)cc32)[nH]c(C)c1C(C)=O)C(=O)O. The lowest BCUT2D eigenvalue weighted by atomic mass is 9.92. The summed E-state index contributed by atoms with van der Waals surface area (Å²) < 4.78 is 28.1. The van der Waals surface area contributed by atoms with Gasteiger partial charge in [0.15, 0.2) is 5.78 Å². The van der Waals surface area contributed by atoms with Crippen LogP contribution in [-0.2, 0) is 26.0 Å². The van der Waals surface area contributed by atoms with Gasteiger partial charge in [-0.3, -0.25) is 19.1 Å². The molecule has 1 amide bonds. The molecule has 0 spiro atoms. The Morgan fingerprint density at radius 3 is 2.46 bits per heavy atom. The fourth-order valence-electron chi connectivity index (χ4n) is 4.52. The van der Waals surface area contributed by atoms with E-state index in [1.807, 2.05) is 0 Å². The summed E-state index contributed by atoms with van der Waals surface area (Å²) in [5, 5.41) is 12.4. The average Bonchev–Trinajstić information content (AvgIpc) is 3.32. The number of aryl methyl sites for hydroxylation is 1. The molecule has 10 heteroatoms. The van der Waals surface area contributed by atoms with Gasteiger partial charge >= 0.3 is 5.97 Å². The van der Waals surface area contributed by atoms with E-state index in [2.05, 4.69) is 15.0 Å². The number of nitrogens with one attached hydrogen (secondary N) is 3. The Morgan fingerprint density at radius 2 is 1.84 bits per heavy atom. The van der Waals surface area contributed by atoms with Crippen LogP contribution >= 0.6 is 0 Å². The van der Waals surface area contributed by atoms with E-state index in [9.17, 15) is 27.9 Å². The highest BCUT2D eigenvalue weighted by Crippen LogP contribution is 2.37. The first-order chi connectivity index (χ1) is 17.5. The number of aromatic nitrogens is 1. The Labute approximate surface area is 214 Å². The minimum absolute atomic E-state index is 0.104. The highest BCUT2D eigenvalue weighted by Gasteiger charge is 2.28. The van der Waals surface area contributed by atoms with Gasteiger partial charge in [0.1, 0.15) is 0 Å². The maximum absolute atomic E-state index is 12.9. The molecule has 1 aliphatic heterocycles. The summed E-state index contributed by atoms with van der Waals surface area (Å²) in [7, 11) is -3.84. The summed E-state index contributed by atoms with van der Waals surface area (Å²) in [4.78, 5) is 40.2. The van der Waals surface area contributed by atoms with Gasteiger partial charge in [0.2, 0.25) is 0 Å². The Bertz CT molecular complexity index is 1540. The van der Waals surface area contributed by atoms with E-state index in [-0.39, 0.29) is 28.4 Å².